The van der Waals surface area contributed by atoms with E-state index in [2.05, 4.69) is 6.92 Å². The molecule has 2 unspecified atom stereocenters. The Hall–Kier alpha value is -0.570. The van der Waals surface area contributed by atoms with E-state index in [1.54, 1.807) is 0 Å². The zero-order valence-electron chi connectivity index (χ0n) is 7.21. The molecule has 1 amide bonds. The Kier molecular flexibility index (Phi) is 2.49. The first kappa shape index (κ1) is 8.53. The molecule has 3 nitrogen and oxygen atoms in total. The summed E-state index contributed by atoms with van der Waals surface area (Å²) in [6, 6.07) is -0.0289. The molecule has 1 saturated heterocycles. The van der Waals surface area contributed by atoms with E-state index in [9.17, 15) is 4.79 Å². The molecule has 2 atom stereocenters. The lowest BCUT2D eigenvalue weighted by Crippen LogP contribution is -2.47. The van der Waals surface area contributed by atoms with Crippen molar-refractivity contribution in [3.63, 3.8) is 0 Å². The van der Waals surface area contributed by atoms with Gasteiger partial charge >= 0.3 is 0 Å². The van der Waals surface area contributed by atoms with Gasteiger partial charge in [-0.1, -0.05) is 6.92 Å². The average molecular weight is 156 g/mol. The number of nitrogens with two attached hydrogens (primary N) is 1. The number of carbonyl (C=O) groups is 1. The molecule has 1 aliphatic rings. The summed E-state index contributed by atoms with van der Waals surface area (Å²) in [4.78, 5) is 12.9. The van der Waals surface area contributed by atoms with Gasteiger partial charge in [-0.2, -0.15) is 0 Å². The first-order chi connectivity index (χ1) is 5.11. The number of piperidine rings is 1. The van der Waals surface area contributed by atoms with Crippen molar-refractivity contribution in [2.24, 2.45) is 11.7 Å². The fourth-order valence-corrected chi connectivity index (χ4v) is 1.59. The number of carbonyl (C=O) groups excluding carboxylic acids is 1. The van der Waals surface area contributed by atoms with Gasteiger partial charge < -0.3 is 5.73 Å². The van der Waals surface area contributed by atoms with E-state index >= 15 is 0 Å². The van der Waals surface area contributed by atoms with Crippen LogP contribution >= 0.6 is 0 Å². The van der Waals surface area contributed by atoms with Crippen LogP contribution in [0.25, 0.3) is 0 Å². The Bertz CT molecular complexity index is 158. The van der Waals surface area contributed by atoms with E-state index in [-0.39, 0.29) is 11.9 Å². The van der Waals surface area contributed by atoms with Crippen LogP contribution in [-0.4, -0.2) is 30.4 Å². The molecule has 1 aliphatic heterocycles. The zero-order chi connectivity index (χ0) is 8.43. The Morgan fingerprint density at radius 3 is 2.73 bits per heavy atom. The molecule has 0 aliphatic carbocycles. The Morgan fingerprint density at radius 1 is 1.64 bits per heavy atom. The number of amides is 1. The molecule has 0 bridgehead atoms. The number of nitrogens with zero attached hydrogens (tertiary/aromatic N) is 1. The SMILES string of the molecule is CC1CCN(C)C(C(N)=O)C1. The van der Waals surface area contributed by atoms with Crippen molar-refractivity contribution in [2.45, 2.75) is 25.8 Å². The van der Waals surface area contributed by atoms with Crippen LogP contribution in [0.3, 0.4) is 0 Å². The highest BCUT2D eigenvalue weighted by atomic mass is 16.1. The molecule has 1 rings (SSSR count). The average Bonchev–Trinajstić information content (AvgIpc) is 1.94. The predicted octanol–water partition coefficient (Wildman–Crippen LogP) is 0.202. The summed E-state index contributed by atoms with van der Waals surface area (Å²) in [5, 5.41) is 0. The molecule has 2 N–H and O–H groups in total. The normalized spacial score (nSPS) is 33.6. The summed E-state index contributed by atoms with van der Waals surface area (Å²) < 4.78 is 0. The van der Waals surface area contributed by atoms with E-state index < -0.39 is 0 Å². The molecule has 1 fully saturated rings. The summed E-state index contributed by atoms with van der Waals surface area (Å²) >= 11 is 0. The van der Waals surface area contributed by atoms with Gasteiger partial charge in [-0.15, -0.1) is 0 Å². The van der Waals surface area contributed by atoms with Crippen LogP contribution in [0.15, 0.2) is 0 Å². The van der Waals surface area contributed by atoms with Gasteiger partial charge in [0.1, 0.15) is 0 Å². The first-order valence-corrected chi connectivity index (χ1v) is 4.11. The molecular formula is C8H16N2O. The number of primary amides is 1. The number of likely N-dealkylation sites (N-methyl/N-ethyl adjacent to an activating group) is 1. The summed E-state index contributed by atoms with van der Waals surface area (Å²) in [5.41, 5.74) is 5.24. The van der Waals surface area contributed by atoms with Crippen molar-refractivity contribution >= 4 is 5.91 Å². The van der Waals surface area contributed by atoms with Crippen molar-refractivity contribution in [3.8, 4) is 0 Å². The summed E-state index contributed by atoms with van der Waals surface area (Å²) in [6.45, 7) is 3.16. The molecule has 1 heterocycles. The van der Waals surface area contributed by atoms with Crippen LogP contribution in [0, 0.1) is 5.92 Å². The van der Waals surface area contributed by atoms with Gasteiger partial charge in [0.15, 0.2) is 0 Å². The second kappa shape index (κ2) is 3.22. The van der Waals surface area contributed by atoms with Gasteiger partial charge in [0.2, 0.25) is 5.91 Å². The van der Waals surface area contributed by atoms with Crippen LogP contribution in [0.5, 0.6) is 0 Å². The van der Waals surface area contributed by atoms with Gasteiger partial charge in [0, 0.05) is 0 Å². The lowest BCUT2D eigenvalue weighted by atomic mass is 9.93. The maximum atomic E-state index is 10.9. The predicted molar refractivity (Wildman–Crippen MR) is 44.0 cm³/mol. The summed E-state index contributed by atoms with van der Waals surface area (Å²) in [7, 11) is 1.96. The maximum absolute atomic E-state index is 10.9. The third-order valence-corrected chi connectivity index (χ3v) is 2.46. The van der Waals surface area contributed by atoms with Gasteiger partial charge in [-0.05, 0) is 32.4 Å². The number of hydrogen-bond donors (Lipinski definition) is 1. The topological polar surface area (TPSA) is 46.3 Å². The van der Waals surface area contributed by atoms with Gasteiger partial charge in [0.25, 0.3) is 0 Å². The smallest absolute Gasteiger partial charge is 0.234 e. The van der Waals surface area contributed by atoms with Crippen molar-refractivity contribution in [1.29, 1.82) is 0 Å². The van der Waals surface area contributed by atoms with Gasteiger partial charge in [0.05, 0.1) is 6.04 Å². The Balaban J connectivity index is 2.54. The highest BCUT2D eigenvalue weighted by Gasteiger charge is 2.27. The summed E-state index contributed by atoms with van der Waals surface area (Å²) in [5.74, 6) is 0.461. The quantitative estimate of drug-likeness (QED) is 0.589. The van der Waals surface area contributed by atoms with Gasteiger partial charge in [-0.3, -0.25) is 9.69 Å². The van der Waals surface area contributed by atoms with E-state index in [0.717, 1.165) is 13.0 Å². The lowest BCUT2D eigenvalue weighted by Gasteiger charge is -2.33. The number of hydrogen-bond acceptors (Lipinski definition) is 2. The van der Waals surface area contributed by atoms with E-state index in [1.807, 2.05) is 11.9 Å². The second-order valence-corrected chi connectivity index (χ2v) is 3.53. The lowest BCUT2D eigenvalue weighted by molar-refractivity contribution is -0.124. The summed E-state index contributed by atoms with van der Waals surface area (Å²) in [6.07, 6.45) is 2.10. The van der Waals surface area contributed by atoms with Crippen molar-refractivity contribution in [2.75, 3.05) is 13.6 Å². The minimum absolute atomic E-state index is 0.0289. The third kappa shape index (κ3) is 1.93. The fraction of sp³-hybridized carbons (Fsp3) is 0.875. The second-order valence-electron chi connectivity index (χ2n) is 3.53. The molecular weight excluding hydrogens is 140 g/mol. The van der Waals surface area contributed by atoms with Crippen LogP contribution in [0.4, 0.5) is 0 Å². The minimum Gasteiger partial charge on any atom is -0.368 e. The molecule has 11 heavy (non-hydrogen) atoms. The highest BCUT2D eigenvalue weighted by Crippen LogP contribution is 2.20. The molecule has 0 aromatic rings. The van der Waals surface area contributed by atoms with Crippen molar-refractivity contribution < 1.29 is 4.79 Å². The van der Waals surface area contributed by atoms with E-state index in [4.69, 9.17) is 5.73 Å². The van der Waals surface area contributed by atoms with E-state index in [0.29, 0.717) is 5.92 Å². The molecule has 0 spiro atoms. The molecule has 0 aromatic carbocycles. The number of likely N-dealkylation sites (tertiary alicyclic amines) is 1. The number of rotatable bonds is 1. The molecule has 0 saturated carbocycles. The Morgan fingerprint density at radius 2 is 2.27 bits per heavy atom. The van der Waals surface area contributed by atoms with Crippen LogP contribution < -0.4 is 5.73 Å². The minimum atomic E-state index is -0.181. The molecule has 0 aromatic heterocycles. The van der Waals surface area contributed by atoms with Crippen LogP contribution in [-0.2, 0) is 4.79 Å². The first-order valence-electron chi connectivity index (χ1n) is 4.11. The third-order valence-electron chi connectivity index (χ3n) is 2.46. The van der Waals surface area contributed by atoms with Crippen molar-refractivity contribution in [3.05, 3.63) is 0 Å². The maximum Gasteiger partial charge on any atom is 0.234 e. The van der Waals surface area contributed by atoms with Crippen LogP contribution in [0.2, 0.25) is 0 Å². The van der Waals surface area contributed by atoms with Crippen molar-refractivity contribution in [1.82, 2.24) is 4.90 Å². The molecule has 64 valence electrons. The zero-order valence-corrected chi connectivity index (χ0v) is 7.21. The largest absolute Gasteiger partial charge is 0.368 e. The molecule has 0 radical (unpaired) electrons. The fourth-order valence-electron chi connectivity index (χ4n) is 1.59. The van der Waals surface area contributed by atoms with E-state index in [1.165, 1.54) is 6.42 Å². The Labute approximate surface area is 67.5 Å². The van der Waals surface area contributed by atoms with Crippen LogP contribution in [0.1, 0.15) is 19.8 Å². The van der Waals surface area contributed by atoms with Gasteiger partial charge in [-0.25, -0.2) is 0 Å². The standard InChI is InChI=1S/C8H16N2O/c1-6-3-4-10(2)7(5-6)8(9)11/h6-7H,3-5H2,1-2H3,(H2,9,11). The monoisotopic (exact) mass is 156 g/mol. The molecule has 3 heteroatoms. The highest BCUT2D eigenvalue weighted by molar-refractivity contribution is 5.79.